The predicted molar refractivity (Wildman–Crippen MR) is 71.2 cm³/mol. The molecule has 0 aromatic heterocycles. The highest BCUT2D eigenvalue weighted by atomic mass is 16.5. The smallest absolute Gasteiger partial charge is 0.161 e. The molecule has 0 bridgehead atoms. The maximum atomic E-state index is 5.74. The van der Waals surface area contributed by atoms with E-state index in [2.05, 4.69) is 18.2 Å². The van der Waals surface area contributed by atoms with Crippen LogP contribution in [0.25, 0.3) is 0 Å². The summed E-state index contributed by atoms with van der Waals surface area (Å²) < 4.78 is 11.4. The summed E-state index contributed by atoms with van der Waals surface area (Å²) in [5.41, 5.74) is 6.99. The van der Waals surface area contributed by atoms with Crippen molar-refractivity contribution in [2.24, 2.45) is 11.7 Å². The third-order valence-corrected chi connectivity index (χ3v) is 4.05. The van der Waals surface area contributed by atoms with Crippen molar-refractivity contribution < 1.29 is 9.47 Å². The molecule has 18 heavy (non-hydrogen) atoms. The van der Waals surface area contributed by atoms with Crippen LogP contribution in [0.1, 0.15) is 37.2 Å². The first-order chi connectivity index (χ1) is 8.86. The van der Waals surface area contributed by atoms with E-state index in [1.165, 1.54) is 24.8 Å². The van der Waals surface area contributed by atoms with Crippen molar-refractivity contribution >= 4 is 0 Å². The molecule has 3 heteroatoms. The molecule has 1 fully saturated rings. The predicted octanol–water partition coefficient (Wildman–Crippen LogP) is 2.69. The zero-order chi connectivity index (χ0) is 12.4. The van der Waals surface area contributed by atoms with Crippen LogP contribution in [0.3, 0.4) is 0 Å². The van der Waals surface area contributed by atoms with Gasteiger partial charge in [0.2, 0.25) is 0 Å². The minimum Gasteiger partial charge on any atom is -0.490 e. The Bertz CT molecular complexity index is 413. The van der Waals surface area contributed by atoms with Gasteiger partial charge in [0.05, 0.1) is 13.2 Å². The Labute approximate surface area is 108 Å². The van der Waals surface area contributed by atoms with Gasteiger partial charge in [0.1, 0.15) is 0 Å². The van der Waals surface area contributed by atoms with Crippen molar-refractivity contribution in [2.45, 2.75) is 31.6 Å². The summed E-state index contributed by atoms with van der Waals surface area (Å²) in [6, 6.07) is 6.42. The molecule has 98 valence electrons. The fourth-order valence-electron chi connectivity index (χ4n) is 2.91. The third-order valence-electron chi connectivity index (χ3n) is 4.05. The number of nitrogens with two attached hydrogens (primary N) is 1. The summed E-state index contributed by atoms with van der Waals surface area (Å²) in [5.74, 6) is 3.34. The molecule has 1 aliphatic heterocycles. The first-order valence-corrected chi connectivity index (χ1v) is 6.96. The summed E-state index contributed by atoms with van der Waals surface area (Å²) in [7, 11) is 0. The van der Waals surface area contributed by atoms with Crippen molar-refractivity contribution in [3.63, 3.8) is 0 Å². The number of benzene rings is 1. The van der Waals surface area contributed by atoms with E-state index in [1.54, 1.807) is 0 Å². The van der Waals surface area contributed by atoms with E-state index in [0.29, 0.717) is 5.92 Å². The second-order valence-electron chi connectivity index (χ2n) is 5.37. The lowest BCUT2D eigenvalue weighted by molar-refractivity contribution is 0.250. The molecule has 0 spiro atoms. The van der Waals surface area contributed by atoms with E-state index < -0.39 is 0 Å². The average Bonchev–Trinajstić information content (AvgIpc) is 2.57. The molecule has 0 saturated heterocycles. The monoisotopic (exact) mass is 247 g/mol. The normalized spacial score (nSPS) is 26.3. The highest BCUT2D eigenvalue weighted by Gasteiger charge is 2.30. The maximum Gasteiger partial charge on any atom is 0.161 e. The Morgan fingerprint density at radius 2 is 1.89 bits per heavy atom. The number of hydrogen-bond donors (Lipinski definition) is 1. The minimum atomic E-state index is 0.693. The maximum absolute atomic E-state index is 5.74. The van der Waals surface area contributed by atoms with Gasteiger partial charge in [0.15, 0.2) is 11.5 Å². The van der Waals surface area contributed by atoms with Crippen molar-refractivity contribution in [1.29, 1.82) is 0 Å². The second-order valence-corrected chi connectivity index (χ2v) is 5.37. The third kappa shape index (κ3) is 2.32. The van der Waals surface area contributed by atoms with Crippen LogP contribution in [0, 0.1) is 5.92 Å². The zero-order valence-electron chi connectivity index (χ0n) is 10.7. The van der Waals surface area contributed by atoms with Gasteiger partial charge in [-0.3, -0.25) is 0 Å². The highest BCUT2D eigenvalue weighted by Crippen LogP contribution is 2.45. The van der Waals surface area contributed by atoms with Crippen LogP contribution < -0.4 is 15.2 Å². The molecule has 1 aromatic rings. The molecule has 0 amide bonds. The number of ether oxygens (including phenoxy) is 2. The highest BCUT2D eigenvalue weighted by molar-refractivity contribution is 5.44. The molecule has 0 unspecified atom stereocenters. The van der Waals surface area contributed by atoms with E-state index in [0.717, 1.165) is 43.6 Å². The molecule has 2 N–H and O–H groups in total. The molecule has 3 rings (SSSR count). The van der Waals surface area contributed by atoms with Crippen LogP contribution >= 0.6 is 0 Å². The first kappa shape index (κ1) is 11.8. The zero-order valence-corrected chi connectivity index (χ0v) is 10.7. The van der Waals surface area contributed by atoms with Crippen molar-refractivity contribution in [3.05, 3.63) is 23.8 Å². The summed E-state index contributed by atoms with van der Waals surface area (Å²) in [4.78, 5) is 0. The van der Waals surface area contributed by atoms with Gasteiger partial charge in [0.25, 0.3) is 0 Å². The molecule has 1 aromatic carbocycles. The van der Waals surface area contributed by atoms with E-state index in [4.69, 9.17) is 15.2 Å². The van der Waals surface area contributed by atoms with Gasteiger partial charge < -0.3 is 15.2 Å². The summed E-state index contributed by atoms with van der Waals surface area (Å²) in [6.07, 6.45) is 4.68. The lowest BCUT2D eigenvalue weighted by Gasteiger charge is -2.35. The first-order valence-electron chi connectivity index (χ1n) is 6.96. The van der Waals surface area contributed by atoms with Crippen LogP contribution in [0.15, 0.2) is 18.2 Å². The Hall–Kier alpha value is -1.22. The molecule has 3 nitrogen and oxygen atoms in total. The van der Waals surface area contributed by atoms with Crippen LogP contribution in [0.2, 0.25) is 0 Å². The topological polar surface area (TPSA) is 44.5 Å². The number of hydrogen-bond acceptors (Lipinski definition) is 3. The lowest BCUT2D eigenvalue weighted by atomic mass is 9.70. The van der Waals surface area contributed by atoms with E-state index in [9.17, 15) is 0 Å². The van der Waals surface area contributed by atoms with E-state index >= 15 is 0 Å². The fourth-order valence-corrected chi connectivity index (χ4v) is 2.91. The van der Waals surface area contributed by atoms with Gasteiger partial charge in [-0.15, -0.1) is 0 Å². The van der Waals surface area contributed by atoms with Crippen molar-refractivity contribution in [2.75, 3.05) is 19.8 Å². The van der Waals surface area contributed by atoms with Gasteiger partial charge in [-0.25, -0.2) is 0 Å². The molecular formula is C15H21NO2. The molecule has 1 aliphatic carbocycles. The van der Waals surface area contributed by atoms with Gasteiger partial charge >= 0.3 is 0 Å². The SMILES string of the molecule is NCCC1CC(c2ccc3c(c2)OCCCO3)C1. The minimum absolute atomic E-state index is 0.693. The molecule has 2 aliphatic rings. The van der Waals surface area contributed by atoms with Crippen LogP contribution in [0.5, 0.6) is 11.5 Å². The van der Waals surface area contributed by atoms with Crippen molar-refractivity contribution in [1.82, 2.24) is 0 Å². The Balaban J connectivity index is 1.69. The van der Waals surface area contributed by atoms with Crippen molar-refractivity contribution in [3.8, 4) is 11.5 Å². The Morgan fingerprint density at radius 1 is 1.11 bits per heavy atom. The molecule has 0 radical (unpaired) electrons. The number of fused-ring (bicyclic) bond motifs is 1. The molecule has 1 saturated carbocycles. The van der Waals surface area contributed by atoms with Crippen LogP contribution in [-0.2, 0) is 0 Å². The molecular weight excluding hydrogens is 226 g/mol. The van der Waals surface area contributed by atoms with Gasteiger partial charge in [-0.2, -0.15) is 0 Å². The standard InChI is InChI=1S/C15H21NO2/c16-5-4-11-8-13(9-11)12-2-3-14-15(10-12)18-7-1-6-17-14/h2-3,10-11,13H,1,4-9,16H2. The summed E-state index contributed by atoms with van der Waals surface area (Å²) in [6.45, 7) is 2.34. The van der Waals surface area contributed by atoms with Crippen LogP contribution in [0.4, 0.5) is 0 Å². The van der Waals surface area contributed by atoms with Gasteiger partial charge in [0, 0.05) is 6.42 Å². The van der Waals surface area contributed by atoms with Crippen LogP contribution in [-0.4, -0.2) is 19.8 Å². The Kier molecular flexibility index (Phi) is 3.41. The average molecular weight is 247 g/mol. The lowest BCUT2D eigenvalue weighted by Crippen LogP contribution is -2.24. The summed E-state index contributed by atoms with van der Waals surface area (Å²) in [5, 5.41) is 0. The quantitative estimate of drug-likeness (QED) is 0.893. The second kappa shape index (κ2) is 5.19. The molecule has 1 heterocycles. The molecule has 0 atom stereocenters. The van der Waals surface area contributed by atoms with Gasteiger partial charge in [-0.1, -0.05) is 6.07 Å². The fraction of sp³-hybridized carbons (Fsp3) is 0.600. The van der Waals surface area contributed by atoms with Gasteiger partial charge in [-0.05, 0) is 55.3 Å². The summed E-state index contributed by atoms with van der Waals surface area (Å²) >= 11 is 0. The van der Waals surface area contributed by atoms with E-state index in [1.807, 2.05) is 0 Å². The number of rotatable bonds is 3. The Morgan fingerprint density at radius 3 is 2.67 bits per heavy atom. The largest absolute Gasteiger partial charge is 0.490 e. The van der Waals surface area contributed by atoms with E-state index in [-0.39, 0.29) is 0 Å².